The Balaban J connectivity index is 1.93. The van der Waals surface area contributed by atoms with Crippen LogP contribution in [0.3, 0.4) is 0 Å². The summed E-state index contributed by atoms with van der Waals surface area (Å²) in [4.78, 5) is 4.15. The van der Waals surface area contributed by atoms with E-state index >= 15 is 0 Å². The zero-order chi connectivity index (χ0) is 11.4. The molecule has 1 aromatic heterocycles. The maximum atomic E-state index is 5.95. The molecule has 0 radical (unpaired) electrons. The Bertz CT molecular complexity index is 334. The maximum absolute atomic E-state index is 5.95. The highest BCUT2D eigenvalue weighted by molar-refractivity contribution is 6.16. The third-order valence-electron chi connectivity index (χ3n) is 3.19. The standard InChI is InChI=1S/C13H18ClNO/c1-10-2-4-12(5-3-10)16-13-6-7-15-11(8-13)9-14/h6-8,10,12H,2-5,9H2,1H3. The van der Waals surface area contributed by atoms with Crippen LogP contribution >= 0.6 is 11.6 Å². The van der Waals surface area contributed by atoms with Crippen molar-refractivity contribution in [1.29, 1.82) is 0 Å². The van der Waals surface area contributed by atoms with Crippen molar-refractivity contribution in [3.8, 4) is 5.75 Å². The highest BCUT2D eigenvalue weighted by Gasteiger charge is 2.19. The minimum Gasteiger partial charge on any atom is -0.490 e. The number of hydrogen-bond donors (Lipinski definition) is 0. The van der Waals surface area contributed by atoms with E-state index in [9.17, 15) is 0 Å². The number of pyridine rings is 1. The van der Waals surface area contributed by atoms with Crippen LogP contribution in [0, 0.1) is 5.92 Å². The summed E-state index contributed by atoms with van der Waals surface area (Å²) in [7, 11) is 0. The molecule has 2 nitrogen and oxygen atoms in total. The Labute approximate surface area is 102 Å². The van der Waals surface area contributed by atoms with Gasteiger partial charge in [-0.25, -0.2) is 0 Å². The van der Waals surface area contributed by atoms with Gasteiger partial charge in [0.25, 0.3) is 0 Å². The number of aromatic nitrogens is 1. The normalized spacial score (nSPS) is 25.4. The van der Waals surface area contributed by atoms with E-state index in [1.807, 2.05) is 12.1 Å². The van der Waals surface area contributed by atoms with Gasteiger partial charge in [0.15, 0.2) is 0 Å². The lowest BCUT2D eigenvalue weighted by Crippen LogP contribution is -2.23. The third-order valence-corrected chi connectivity index (χ3v) is 3.46. The van der Waals surface area contributed by atoms with Gasteiger partial charge in [-0.2, -0.15) is 0 Å². The Morgan fingerprint density at radius 1 is 1.38 bits per heavy atom. The van der Waals surface area contributed by atoms with E-state index < -0.39 is 0 Å². The molecule has 1 saturated carbocycles. The minimum absolute atomic E-state index is 0.377. The summed E-state index contributed by atoms with van der Waals surface area (Å²) in [6.45, 7) is 2.31. The zero-order valence-electron chi connectivity index (χ0n) is 9.66. The second kappa shape index (κ2) is 5.53. The van der Waals surface area contributed by atoms with Gasteiger partial charge < -0.3 is 4.74 Å². The van der Waals surface area contributed by atoms with E-state index in [0.29, 0.717) is 12.0 Å². The minimum atomic E-state index is 0.377. The Morgan fingerprint density at radius 2 is 2.12 bits per heavy atom. The first-order valence-corrected chi connectivity index (χ1v) is 6.49. The Kier molecular flexibility index (Phi) is 4.05. The zero-order valence-corrected chi connectivity index (χ0v) is 10.4. The highest BCUT2D eigenvalue weighted by atomic mass is 35.5. The molecule has 0 N–H and O–H groups in total. The lowest BCUT2D eigenvalue weighted by Gasteiger charge is -2.26. The molecule has 1 aromatic rings. The summed E-state index contributed by atoms with van der Waals surface area (Å²) in [5.74, 6) is 2.21. The van der Waals surface area contributed by atoms with Crippen LogP contribution in [-0.4, -0.2) is 11.1 Å². The fraction of sp³-hybridized carbons (Fsp3) is 0.615. The molecule has 2 rings (SSSR count). The first-order valence-electron chi connectivity index (χ1n) is 5.95. The molecule has 0 aliphatic heterocycles. The summed E-state index contributed by atoms with van der Waals surface area (Å²) >= 11 is 5.74. The lowest BCUT2D eigenvalue weighted by molar-refractivity contribution is 0.135. The van der Waals surface area contributed by atoms with Crippen molar-refractivity contribution in [2.24, 2.45) is 5.92 Å². The van der Waals surface area contributed by atoms with Gasteiger partial charge in [-0.15, -0.1) is 11.6 Å². The summed E-state index contributed by atoms with van der Waals surface area (Å²) in [5, 5.41) is 0. The van der Waals surface area contributed by atoms with E-state index in [4.69, 9.17) is 16.3 Å². The fourth-order valence-corrected chi connectivity index (χ4v) is 2.29. The molecule has 0 amide bonds. The van der Waals surface area contributed by atoms with Crippen molar-refractivity contribution in [2.45, 2.75) is 44.6 Å². The molecule has 0 unspecified atom stereocenters. The molecule has 0 saturated heterocycles. The van der Waals surface area contributed by atoms with Gasteiger partial charge >= 0.3 is 0 Å². The van der Waals surface area contributed by atoms with E-state index in [-0.39, 0.29) is 0 Å². The molecule has 16 heavy (non-hydrogen) atoms. The molecule has 0 spiro atoms. The fourth-order valence-electron chi connectivity index (χ4n) is 2.14. The van der Waals surface area contributed by atoms with Crippen LogP contribution < -0.4 is 4.74 Å². The van der Waals surface area contributed by atoms with Gasteiger partial charge in [0.05, 0.1) is 17.7 Å². The van der Waals surface area contributed by atoms with Crippen molar-refractivity contribution in [2.75, 3.05) is 0 Å². The van der Waals surface area contributed by atoms with Crippen LogP contribution in [0.4, 0.5) is 0 Å². The third kappa shape index (κ3) is 3.11. The molecular formula is C13H18ClNO. The largest absolute Gasteiger partial charge is 0.490 e. The molecule has 1 fully saturated rings. The molecule has 1 aliphatic rings. The number of rotatable bonds is 3. The van der Waals surface area contributed by atoms with Gasteiger partial charge in [0.1, 0.15) is 5.75 Å². The van der Waals surface area contributed by atoms with E-state index in [2.05, 4.69) is 11.9 Å². The predicted octanol–water partition coefficient (Wildman–Crippen LogP) is 3.78. The van der Waals surface area contributed by atoms with Crippen molar-refractivity contribution >= 4 is 11.6 Å². The SMILES string of the molecule is CC1CCC(Oc2ccnc(CCl)c2)CC1. The van der Waals surface area contributed by atoms with Crippen LogP contribution in [0.25, 0.3) is 0 Å². The van der Waals surface area contributed by atoms with Crippen LogP contribution in [-0.2, 0) is 5.88 Å². The van der Waals surface area contributed by atoms with Gasteiger partial charge in [-0.1, -0.05) is 6.92 Å². The number of hydrogen-bond acceptors (Lipinski definition) is 2. The van der Waals surface area contributed by atoms with Gasteiger partial charge in [-0.3, -0.25) is 4.98 Å². The molecule has 0 bridgehead atoms. The first-order chi connectivity index (χ1) is 7.78. The van der Waals surface area contributed by atoms with Crippen LogP contribution in [0.2, 0.25) is 0 Å². The second-order valence-electron chi connectivity index (χ2n) is 4.62. The Morgan fingerprint density at radius 3 is 2.81 bits per heavy atom. The van der Waals surface area contributed by atoms with Crippen molar-refractivity contribution < 1.29 is 4.74 Å². The van der Waals surface area contributed by atoms with Crippen LogP contribution in [0.15, 0.2) is 18.3 Å². The molecule has 0 atom stereocenters. The van der Waals surface area contributed by atoms with E-state index in [0.717, 1.165) is 17.4 Å². The lowest BCUT2D eigenvalue weighted by atomic mass is 9.89. The van der Waals surface area contributed by atoms with E-state index in [1.54, 1.807) is 6.20 Å². The van der Waals surface area contributed by atoms with Gasteiger partial charge in [0.2, 0.25) is 0 Å². The molecule has 0 aromatic carbocycles. The second-order valence-corrected chi connectivity index (χ2v) is 4.88. The number of alkyl halides is 1. The quantitative estimate of drug-likeness (QED) is 0.749. The molecule has 3 heteroatoms. The average molecular weight is 240 g/mol. The first kappa shape index (κ1) is 11.7. The maximum Gasteiger partial charge on any atom is 0.123 e. The van der Waals surface area contributed by atoms with E-state index in [1.165, 1.54) is 25.7 Å². The molecular weight excluding hydrogens is 222 g/mol. The highest BCUT2D eigenvalue weighted by Crippen LogP contribution is 2.27. The smallest absolute Gasteiger partial charge is 0.123 e. The summed E-state index contributed by atoms with van der Waals surface area (Å²) in [5.41, 5.74) is 0.878. The van der Waals surface area contributed by atoms with Gasteiger partial charge in [-0.05, 0) is 37.7 Å². The Hall–Kier alpha value is -0.760. The topological polar surface area (TPSA) is 22.1 Å². The van der Waals surface area contributed by atoms with Crippen molar-refractivity contribution in [3.63, 3.8) is 0 Å². The number of nitrogens with zero attached hydrogens (tertiary/aromatic N) is 1. The predicted molar refractivity (Wildman–Crippen MR) is 65.8 cm³/mol. The molecule has 1 aliphatic carbocycles. The van der Waals surface area contributed by atoms with Crippen molar-refractivity contribution in [3.05, 3.63) is 24.0 Å². The monoisotopic (exact) mass is 239 g/mol. The van der Waals surface area contributed by atoms with Crippen molar-refractivity contribution in [1.82, 2.24) is 4.98 Å². The number of halogens is 1. The van der Waals surface area contributed by atoms with Gasteiger partial charge in [0, 0.05) is 12.3 Å². The summed E-state index contributed by atoms with van der Waals surface area (Å²) < 4.78 is 5.95. The number of ether oxygens (including phenoxy) is 1. The van der Waals surface area contributed by atoms with Crippen LogP contribution in [0.5, 0.6) is 5.75 Å². The summed E-state index contributed by atoms with van der Waals surface area (Å²) in [6, 6.07) is 3.85. The summed E-state index contributed by atoms with van der Waals surface area (Å²) in [6.07, 6.45) is 7.02. The average Bonchev–Trinajstić information content (AvgIpc) is 2.32. The van der Waals surface area contributed by atoms with Crippen LogP contribution in [0.1, 0.15) is 38.3 Å². The molecule has 88 valence electrons. The molecule has 1 heterocycles.